The average Bonchev–Trinajstić information content (AvgIpc) is 3.26. The van der Waals surface area contributed by atoms with E-state index in [1.807, 2.05) is 29.3 Å². The van der Waals surface area contributed by atoms with Crippen LogP contribution in [0.25, 0.3) is 0 Å². The van der Waals surface area contributed by atoms with Crippen LogP contribution in [-0.2, 0) is 9.59 Å². The standard InChI is InChI=1S/C18H18ClN3O2S/c19-11-5-6-15-13(9-11)21-18(24)16(25-15)10-17(23)22-8-2-4-14(22)12-3-1-7-20-12/h1,3,5-7,9,14,16,20H,2,4,8,10H2,(H,21,24). The van der Waals surface area contributed by atoms with Crippen LogP contribution in [0.3, 0.4) is 0 Å². The first kappa shape index (κ1) is 16.5. The number of fused-ring (bicyclic) bond motifs is 1. The molecule has 1 aromatic heterocycles. The van der Waals surface area contributed by atoms with Crippen LogP contribution in [0, 0.1) is 0 Å². The van der Waals surface area contributed by atoms with Crippen molar-refractivity contribution in [3.8, 4) is 0 Å². The summed E-state index contributed by atoms with van der Waals surface area (Å²) in [7, 11) is 0. The number of halogens is 1. The van der Waals surface area contributed by atoms with Crippen LogP contribution >= 0.6 is 23.4 Å². The minimum absolute atomic E-state index is 0.0298. The lowest BCUT2D eigenvalue weighted by Crippen LogP contribution is -2.37. The van der Waals surface area contributed by atoms with Gasteiger partial charge in [-0.05, 0) is 43.2 Å². The second-order valence-electron chi connectivity index (χ2n) is 6.31. The number of carbonyl (C=O) groups excluding carboxylic acids is 2. The number of carbonyl (C=O) groups is 2. The number of nitrogens with zero attached hydrogens (tertiary/aromatic N) is 1. The van der Waals surface area contributed by atoms with Crippen molar-refractivity contribution in [2.45, 2.75) is 35.4 Å². The minimum Gasteiger partial charge on any atom is -0.363 e. The van der Waals surface area contributed by atoms with Gasteiger partial charge in [-0.1, -0.05) is 11.6 Å². The number of rotatable bonds is 3. The van der Waals surface area contributed by atoms with Gasteiger partial charge in [-0.3, -0.25) is 9.59 Å². The molecule has 2 N–H and O–H groups in total. The molecule has 0 radical (unpaired) electrons. The summed E-state index contributed by atoms with van der Waals surface area (Å²) in [5.74, 6) is -0.106. The predicted octanol–water partition coefficient (Wildman–Crippen LogP) is 3.83. The first-order valence-corrected chi connectivity index (χ1v) is 9.57. The summed E-state index contributed by atoms with van der Waals surface area (Å²) in [6, 6.07) is 9.47. The van der Waals surface area contributed by atoms with Crippen LogP contribution in [0.15, 0.2) is 41.4 Å². The zero-order valence-corrected chi connectivity index (χ0v) is 15.1. The van der Waals surface area contributed by atoms with Gasteiger partial charge in [0.1, 0.15) is 0 Å². The maximum absolute atomic E-state index is 12.8. The van der Waals surface area contributed by atoms with E-state index in [2.05, 4.69) is 10.3 Å². The predicted molar refractivity (Wildman–Crippen MR) is 98.8 cm³/mol. The summed E-state index contributed by atoms with van der Waals surface area (Å²) in [5.41, 5.74) is 1.78. The van der Waals surface area contributed by atoms with E-state index in [4.69, 9.17) is 11.6 Å². The summed E-state index contributed by atoms with van der Waals surface area (Å²) < 4.78 is 0. The average molecular weight is 376 g/mol. The van der Waals surface area contributed by atoms with E-state index in [0.717, 1.165) is 35.7 Å². The second kappa shape index (κ2) is 6.77. The van der Waals surface area contributed by atoms with Crippen molar-refractivity contribution in [1.29, 1.82) is 0 Å². The first-order chi connectivity index (χ1) is 12.1. The van der Waals surface area contributed by atoms with Gasteiger partial charge in [-0.25, -0.2) is 0 Å². The summed E-state index contributed by atoms with van der Waals surface area (Å²) in [4.78, 5) is 31.3. The molecule has 0 spiro atoms. The molecule has 1 saturated heterocycles. The largest absolute Gasteiger partial charge is 0.363 e. The van der Waals surface area contributed by atoms with E-state index in [1.165, 1.54) is 11.8 Å². The lowest BCUT2D eigenvalue weighted by atomic mass is 10.1. The van der Waals surface area contributed by atoms with Gasteiger partial charge in [0, 0.05) is 34.8 Å². The number of hydrogen-bond acceptors (Lipinski definition) is 3. The molecule has 1 aromatic carbocycles. The Kier molecular flexibility index (Phi) is 4.48. The molecule has 2 aliphatic heterocycles. The van der Waals surface area contributed by atoms with E-state index in [-0.39, 0.29) is 24.3 Å². The Morgan fingerprint density at radius 3 is 3.04 bits per heavy atom. The molecule has 130 valence electrons. The fourth-order valence-corrected chi connectivity index (χ4v) is 4.73. The number of likely N-dealkylation sites (tertiary alicyclic amines) is 1. The highest BCUT2D eigenvalue weighted by Crippen LogP contribution is 2.39. The van der Waals surface area contributed by atoms with Crippen LogP contribution in [0.2, 0.25) is 5.02 Å². The number of H-pyrrole nitrogens is 1. The van der Waals surface area contributed by atoms with Gasteiger partial charge in [-0.15, -0.1) is 11.8 Å². The van der Waals surface area contributed by atoms with E-state index in [0.29, 0.717) is 5.02 Å². The van der Waals surface area contributed by atoms with Gasteiger partial charge in [-0.2, -0.15) is 0 Å². The van der Waals surface area contributed by atoms with Gasteiger partial charge in [0.25, 0.3) is 0 Å². The fourth-order valence-electron chi connectivity index (χ4n) is 3.47. The van der Waals surface area contributed by atoms with Crippen molar-refractivity contribution in [3.05, 3.63) is 47.2 Å². The Bertz CT molecular complexity index is 809. The van der Waals surface area contributed by atoms with Crippen LogP contribution in [0.1, 0.15) is 31.0 Å². The molecule has 3 heterocycles. The molecule has 2 unspecified atom stereocenters. The molecule has 0 bridgehead atoms. The van der Waals surface area contributed by atoms with Crippen LogP contribution in [0.5, 0.6) is 0 Å². The van der Waals surface area contributed by atoms with E-state index >= 15 is 0 Å². The van der Waals surface area contributed by atoms with Gasteiger partial charge in [0.15, 0.2) is 0 Å². The molecule has 1 fully saturated rings. The highest BCUT2D eigenvalue weighted by molar-refractivity contribution is 8.01. The van der Waals surface area contributed by atoms with E-state index < -0.39 is 5.25 Å². The zero-order valence-electron chi connectivity index (χ0n) is 13.5. The minimum atomic E-state index is -0.411. The SMILES string of the molecule is O=C1Nc2cc(Cl)ccc2SC1CC(=O)N1CCCC1c1ccc[nH]1. The van der Waals surface area contributed by atoms with Gasteiger partial charge >= 0.3 is 0 Å². The lowest BCUT2D eigenvalue weighted by molar-refractivity contribution is -0.133. The van der Waals surface area contributed by atoms with Gasteiger partial charge in [0.2, 0.25) is 11.8 Å². The molecular formula is C18H18ClN3O2S. The number of anilines is 1. The molecule has 5 nitrogen and oxygen atoms in total. The number of amides is 2. The maximum atomic E-state index is 12.8. The number of thioether (sulfide) groups is 1. The Labute approximate surface area is 155 Å². The highest BCUT2D eigenvalue weighted by atomic mass is 35.5. The molecule has 2 aromatic rings. The van der Waals surface area contributed by atoms with E-state index in [1.54, 1.807) is 12.1 Å². The Hall–Kier alpha value is -1.92. The number of benzene rings is 1. The molecule has 4 rings (SSSR count). The molecule has 2 atom stereocenters. The summed E-state index contributed by atoms with van der Waals surface area (Å²) in [5, 5.41) is 3.04. The van der Waals surface area contributed by atoms with Crippen LogP contribution in [0.4, 0.5) is 5.69 Å². The number of aromatic nitrogens is 1. The topological polar surface area (TPSA) is 65.2 Å². The molecule has 25 heavy (non-hydrogen) atoms. The van der Waals surface area contributed by atoms with Crippen molar-refractivity contribution in [1.82, 2.24) is 9.88 Å². The quantitative estimate of drug-likeness (QED) is 0.856. The summed E-state index contributed by atoms with van der Waals surface area (Å²) in [6.07, 6.45) is 4.02. The number of hydrogen-bond donors (Lipinski definition) is 2. The monoisotopic (exact) mass is 375 g/mol. The van der Waals surface area contributed by atoms with Crippen molar-refractivity contribution in [2.75, 3.05) is 11.9 Å². The lowest BCUT2D eigenvalue weighted by Gasteiger charge is -2.28. The second-order valence-corrected chi connectivity index (χ2v) is 7.99. The Morgan fingerprint density at radius 2 is 2.24 bits per heavy atom. The van der Waals surface area contributed by atoms with Crippen molar-refractivity contribution < 1.29 is 9.59 Å². The third kappa shape index (κ3) is 3.28. The van der Waals surface area contributed by atoms with Crippen molar-refractivity contribution >= 4 is 40.9 Å². The molecule has 0 saturated carbocycles. The molecule has 7 heteroatoms. The smallest absolute Gasteiger partial charge is 0.238 e. The normalized spacial score (nSPS) is 22.6. The molecular weight excluding hydrogens is 358 g/mol. The third-order valence-electron chi connectivity index (χ3n) is 4.68. The highest BCUT2D eigenvalue weighted by Gasteiger charge is 2.35. The number of aromatic amines is 1. The van der Waals surface area contributed by atoms with Gasteiger partial charge in [0.05, 0.1) is 17.0 Å². The van der Waals surface area contributed by atoms with Crippen LogP contribution < -0.4 is 5.32 Å². The van der Waals surface area contributed by atoms with Crippen molar-refractivity contribution in [3.63, 3.8) is 0 Å². The fraction of sp³-hybridized carbons (Fsp3) is 0.333. The van der Waals surface area contributed by atoms with E-state index in [9.17, 15) is 9.59 Å². The first-order valence-electron chi connectivity index (χ1n) is 8.31. The summed E-state index contributed by atoms with van der Waals surface area (Å²) in [6.45, 7) is 0.744. The number of nitrogens with one attached hydrogen (secondary N) is 2. The third-order valence-corrected chi connectivity index (χ3v) is 6.19. The van der Waals surface area contributed by atoms with Gasteiger partial charge < -0.3 is 15.2 Å². The Balaban J connectivity index is 1.47. The maximum Gasteiger partial charge on any atom is 0.238 e. The molecule has 2 aliphatic rings. The zero-order chi connectivity index (χ0) is 17.4. The molecule has 2 amide bonds. The Morgan fingerprint density at radius 1 is 1.36 bits per heavy atom. The van der Waals surface area contributed by atoms with Crippen LogP contribution in [-0.4, -0.2) is 33.5 Å². The summed E-state index contributed by atoms with van der Waals surface area (Å²) >= 11 is 7.41. The molecule has 0 aliphatic carbocycles. The van der Waals surface area contributed by atoms with Crippen molar-refractivity contribution in [2.24, 2.45) is 0 Å².